The summed E-state index contributed by atoms with van der Waals surface area (Å²) in [6.07, 6.45) is 4.52. The van der Waals surface area contributed by atoms with Crippen molar-refractivity contribution in [3.63, 3.8) is 0 Å². The van der Waals surface area contributed by atoms with Crippen LogP contribution in [-0.2, 0) is 16.7 Å². The molecule has 0 amide bonds. The van der Waals surface area contributed by atoms with Crippen LogP contribution in [0.3, 0.4) is 0 Å². The number of hydrogen-bond donors (Lipinski definition) is 1. The normalized spacial score (nSPS) is 18.7. The second-order valence-corrected chi connectivity index (χ2v) is 6.58. The third kappa shape index (κ3) is 3.08. The van der Waals surface area contributed by atoms with Gasteiger partial charge >= 0.3 is 0 Å². The number of nitrogens with zero attached hydrogens (tertiary/aromatic N) is 2. The molecule has 6 heteroatoms. The van der Waals surface area contributed by atoms with E-state index in [-0.39, 0.29) is 0 Å². The van der Waals surface area contributed by atoms with Gasteiger partial charge in [-0.15, -0.1) is 11.3 Å². The Bertz CT molecular complexity index is 547. The molecule has 0 bridgehead atoms. The molecule has 0 saturated heterocycles. The third-order valence-electron chi connectivity index (χ3n) is 3.56. The first-order valence-electron chi connectivity index (χ1n) is 6.89. The van der Waals surface area contributed by atoms with Crippen molar-refractivity contribution in [2.75, 3.05) is 6.61 Å². The van der Waals surface area contributed by atoms with Crippen molar-refractivity contribution in [3.8, 4) is 0 Å². The van der Waals surface area contributed by atoms with Crippen molar-refractivity contribution < 1.29 is 9.26 Å². The number of rotatable bonds is 6. The summed E-state index contributed by atoms with van der Waals surface area (Å²) in [5.74, 6) is 1.12. The van der Waals surface area contributed by atoms with Crippen LogP contribution in [0.1, 0.15) is 42.8 Å². The molecule has 1 atom stereocenters. The molecule has 20 heavy (non-hydrogen) atoms. The molecule has 1 saturated carbocycles. The maximum absolute atomic E-state index is 6.24. The van der Waals surface area contributed by atoms with Gasteiger partial charge in [-0.2, -0.15) is 4.98 Å². The van der Waals surface area contributed by atoms with Gasteiger partial charge in [0.1, 0.15) is 5.54 Å². The Kier molecular flexibility index (Phi) is 3.87. The Hall–Kier alpha value is -1.24. The average Bonchev–Trinajstić information content (AvgIpc) is 2.99. The molecule has 1 aliphatic rings. The average molecular weight is 293 g/mol. The molecule has 108 valence electrons. The van der Waals surface area contributed by atoms with E-state index in [9.17, 15) is 0 Å². The molecule has 0 radical (unpaired) electrons. The maximum Gasteiger partial charge on any atom is 0.231 e. The standard InChI is InChI=1S/C14H19N3O2S/c1-14(15,9-18-10-4-2-5-10)13-16-12(19-17-13)8-11-6-3-7-20-11/h3,6-7,10H,2,4-5,8-9,15H2,1H3. The van der Waals surface area contributed by atoms with Crippen LogP contribution in [0.15, 0.2) is 22.0 Å². The van der Waals surface area contributed by atoms with E-state index in [1.165, 1.54) is 11.3 Å². The summed E-state index contributed by atoms with van der Waals surface area (Å²) in [5.41, 5.74) is 5.54. The van der Waals surface area contributed by atoms with Crippen LogP contribution < -0.4 is 5.73 Å². The molecule has 1 fully saturated rings. The molecular weight excluding hydrogens is 274 g/mol. The molecule has 3 rings (SSSR count). The summed E-state index contributed by atoms with van der Waals surface area (Å²) >= 11 is 1.68. The van der Waals surface area contributed by atoms with Crippen molar-refractivity contribution in [1.82, 2.24) is 10.1 Å². The highest BCUT2D eigenvalue weighted by atomic mass is 32.1. The minimum absolute atomic E-state index is 0.357. The van der Waals surface area contributed by atoms with E-state index in [0.717, 1.165) is 12.8 Å². The second-order valence-electron chi connectivity index (χ2n) is 5.55. The molecule has 5 nitrogen and oxygen atoms in total. The van der Waals surface area contributed by atoms with Crippen molar-refractivity contribution in [1.29, 1.82) is 0 Å². The zero-order chi connectivity index (χ0) is 14.0. The molecule has 1 aliphatic carbocycles. The van der Waals surface area contributed by atoms with Crippen LogP contribution >= 0.6 is 11.3 Å². The van der Waals surface area contributed by atoms with Crippen molar-refractivity contribution in [3.05, 3.63) is 34.1 Å². The maximum atomic E-state index is 6.24. The van der Waals surface area contributed by atoms with Gasteiger partial charge in [-0.25, -0.2) is 0 Å². The van der Waals surface area contributed by atoms with Gasteiger partial charge in [-0.05, 0) is 37.6 Å². The van der Waals surface area contributed by atoms with Gasteiger partial charge in [0.05, 0.1) is 19.1 Å². The minimum Gasteiger partial charge on any atom is -0.376 e. The fraction of sp³-hybridized carbons (Fsp3) is 0.571. The van der Waals surface area contributed by atoms with Crippen LogP contribution in [0.4, 0.5) is 0 Å². The van der Waals surface area contributed by atoms with E-state index in [2.05, 4.69) is 16.2 Å². The lowest BCUT2D eigenvalue weighted by molar-refractivity contribution is -0.0222. The molecule has 2 aromatic heterocycles. The highest BCUT2D eigenvalue weighted by Crippen LogP contribution is 2.25. The summed E-state index contributed by atoms with van der Waals surface area (Å²) in [7, 11) is 0. The van der Waals surface area contributed by atoms with Crippen LogP contribution in [0.5, 0.6) is 0 Å². The first-order chi connectivity index (χ1) is 9.63. The smallest absolute Gasteiger partial charge is 0.231 e. The van der Waals surface area contributed by atoms with E-state index < -0.39 is 5.54 Å². The predicted molar refractivity (Wildman–Crippen MR) is 76.6 cm³/mol. The number of hydrogen-bond acceptors (Lipinski definition) is 6. The molecule has 2 aromatic rings. The van der Waals surface area contributed by atoms with Gasteiger partial charge in [-0.3, -0.25) is 0 Å². The SMILES string of the molecule is CC(N)(COC1CCC1)c1noc(Cc2cccs2)n1. The zero-order valence-corrected chi connectivity index (χ0v) is 12.4. The van der Waals surface area contributed by atoms with Crippen LogP contribution in [-0.4, -0.2) is 22.9 Å². The van der Waals surface area contributed by atoms with Crippen LogP contribution in [0.2, 0.25) is 0 Å². The Labute approximate surface area is 122 Å². The first-order valence-corrected chi connectivity index (χ1v) is 7.77. The topological polar surface area (TPSA) is 74.2 Å². The second kappa shape index (κ2) is 5.63. The van der Waals surface area contributed by atoms with Gasteiger partial charge < -0.3 is 15.0 Å². The Morgan fingerprint density at radius 2 is 2.40 bits per heavy atom. The van der Waals surface area contributed by atoms with Gasteiger partial charge in [-0.1, -0.05) is 11.2 Å². The van der Waals surface area contributed by atoms with Gasteiger partial charge in [0.25, 0.3) is 0 Å². The van der Waals surface area contributed by atoms with Gasteiger partial charge in [0.2, 0.25) is 5.89 Å². The fourth-order valence-corrected chi connectivity index (χ4v) is 2.71. The van der Waals surface area contributed by atoms with Crippen molar-refractivity contribution >= 4 is 11.3 Å². The summed E-state index contributed by atoms with van der Waals surface area (Å²) in [6, 6.07) is 4.06. The predicted octanol–water partition coefficient (Wildman–Crippen LogP) is 2.46. The number of ether oxygens (including phenoxy) is 1. The van der Waals surface area contributed by atoms with Crippen LogP contribution in [0.25, 0.3) is 0 Å². The number of thiophene rings is 1. The largest absolute Gasteiger partial charge is 0.376 e. The number of aromatic nitrogens is 2. The highest BCUT2D eigenvalue weighted by molar-refractivity contribution is 7.09. The summed E-state index contributed by atoms with van der Waals surface area (Å²) in [4.78, 5) is 5.60. The Morgan fingerprint density at radius 3 is 3.05 bits per heavy atom. The summed E-state index contributed by atoms with van der Waals surface area (Å²) < 4.78 is 11.0. The van der Waals surface area contributed by atoms with Crippen molar-refractivity contribution in [2.45, 2.75) is 44.2 Å². The summed E-state index contributed by atoms with van der Waals surface area (Å²) in [5, 5.41) is 6.04. The van der Waals surface area contributed by atoms with E-state index in [0.29, 0.717) is 30.8 Å². The molecule has 0 spiro atoms. The summed E-state index contributed by atoms with van der Waals surface area (Å²) in [6.45, 7) is 2.31. The molecule has 0 aromatic carbocycles. The minimum atomic E-state index is -0.702. The zero-order valence-electron chi connectivity index (χ0n) is 11.5. The van der Waals surface area contributed by atoms with E-state index >= 15 is 0 Å². The fourth-order valence-electron chi connectivity index (χ4n) is 2.01. The monoisotopic (exact) mass is 293 g/mol. The lowest BCUT2D eigenvalue weighted by atomic mass is 9.95. The Morgan fingerprint density at radius 1 is 1.55 bits per heavy atom. The van der Waals surface area contributed by atoms with Crippen LogP contribution in [0, 0.1) is 0 Å². The molecule has 2 N–H and O–H groups in total. The van der Waals surface area contributed by atoms with Gasteiger partial charge in [0.15, 0.2) is 5.82 Å². The third-order valence-corrected chi connectivity index (χ3v) is 4.43. The lowest BCUT2D eigenvalue weighted by Crippen LogP contribution is -2.41. The molecule has 0 aliphatic heterocycles. The lowest BCUT2D eigenvalue weighted by Gasteiger charge is -2.29. The number of nitrogens with two attached hydrogens (primary N) is 1. The molecular formula is C14H19N3O2S. The van der Waals surface area contributed by atoms with E-state index in [1.807, 2.05) is 18.4 Å². The highest BCUT2D eigenvalue weighted by Gasteiger charge is 2.30. The molecule has 2 heterocycles. The van der Waals surface area contributed by atoms with E-state index in [1.54, 1.807) is 11.3 Å². The quantitative estimate of drug-likeness (QED) is 0.885. The van der Waals surface area contributed by atoms with E-state index in [4.69, 9.17) is 15.0 Å². The molecule has 1 unspecified atom stereocenters. The Balaban J connectivity index is 1.61. The van der Waals surface area contributed by atoms with Crippen molar-refractivity contribution in [2.24, 2.45) is 5.73 Å². The first kappa shape index (κ1) is 13.7. The van der Waals surface area contributed by atoms with Gasteiger partial charge in [0, 0.05) is 4.88 Å².